The lowest BCUT2D eigenvalue weighted by Gasteiger charge is -2.32. The number of aliphatic hydroxyl groups is 1. The van der Waals surface area contributed by atoms with Crippen LogP contribution >= 0.6 is 0 Å². The Bertz CT molecular complexity index is 982. The fraction of sp³-hybridized carbons (Fsp3) is 0.583. The van der Waals surface area contributed by atoms with Gasteiger partial charge in [-0.2, -0.15) is 5.10 Å². The number of nitrogens with one attached hydrogen (secondary N) is 1. The Morgan fingerprint density at radius 1 is 1.27 bits per heavy atom. The summed E-state index contributed by atoms with van der Waals surface area (Å²) in [6, 6.07) is 3.76. The molecule has 4 rings (SSSR count). The molecule has 0 radical (unpaired) electrons. The van der Waals surface area contributed by atoms with Crippen molar-refractivity contribution in [2.24, 2.45) is 7.05 Å². The molecular weight excluding hydrogens is 420 g/mol. The summed E-state index contributed by atoms with van der Waals surface area (Å²) in [5.41, 5.74) is 2.97. The summed E-state index contributed by atoms with van der Waals surface area (Å²) in [6.07, 6.45) is 6.55. The molecule has 0 unspecified atom stereocenters. The number of piperidine rings is 1. The Morgan fingerprint density at radius 3 is 2.82 bits per heavy atom. The molecule has 0 spiro atoms. The highest BCUT2D eigenvalue weighted by atomic mass is 16.3. The van der Waals surface area contributed by atoms with Crippen molar-refractivity contribution in [1.29, 1.82) is 0 Å². The first kappa shape index (κ1) is 23.4. The first-order chi connectivity index (χ1) is 15.9. The monoisotopic (exact) mass is 454 g/mol. The quantitative estimate of drug-likeness (QED) is 0.584. The zero-order chi connectivity index (χ0) is 23.4. The SMILES string of the molecule is CC(=O)N1CCC(Nc2cc(C(=O)CC[C@H](O)CN3CCc4cn(C)nc4C3)ccn2)CC1. The maximum absolute atomic E-state index is 12.7. The van der Waals surface area contributed by atoms with E-state index in [0.29, 0.717) is 30.8 Å². The number of β-amino-alcohol motifs (C(OH)–C–C–N with tert-alkyl or cyclic N) is 1. The van der Waals surface area contributed by atoms with Crippen LogP contribution in [0, 0.1) is 0 Å². The van der Waals surface area contributed by atoms with Gasteiger partial charge in [-0.1, -0.05) is 0 Å². The summed E-state index contributed by atoms with van der Waals surface area (Å²) >= 11 is 0. The molecule has 0 aliphatic carbocycles. The summed E-state index contributed by atoms with van der Waals surface area (Å²) in [6.45, 7) is 5.26. The van der Waals surface area contributed by atoms with Crippen molar-refractivity contribution in [3.63, 3.8) is 0 Å². The second kappa shape index (κ2) is 10.4. The molecule has 4 heterocycles. The lowest BCUT2D eigenvalue weighted by atomic mass is 10.0. The van der Waals surface area contributed by atoms with Crippen LogP contribution in [-0.4, -0.2) is 79.7 Å². The number of aryl methyl sites for hydroxylation is 1. The summed E-state index contributed by atoms with van der Waals surface area (Å²) in [4.78, 5) is 32.6. The molecule has 1 fully saturated rings. The summed E-state index contributed by atoms with van der Waals surface area (Å²) in [7, 11) is 1.93. The topological polar surface area (TPSA) is 104 Å². The van der Waals surface area contributed by atoms with Gasteiger partial charge in [0.15, 0.2) is 5.78 Å². The third kappa shape index (κ3) is 6.17. The van der Waals surface area contributed by atoms with E-state index < -0.39 is 6.10 Å². The van der Waals surface area contributed by atoms with E-state index in [0.717, 1.165) is 51.1 Å². The highest BCUT2D eigenvalue weighted by Crippen LogP contribution is 2.19. The van der Waals surface area contributed by atoms with Gasteiger partial charge in [-0.25, -0.2) is 4.98 Å². The number of hydrogen-bond acceptors (Lipinski definition) is 7. The molecule has 9 nitrogen and oxygen atoms in total. The Labute approximate surface area is 194 Å². The average Bonchev–Trinajstić information content (AvgIpc) is 3.17. The Balaban J connectivity index is 1.23. The molecule has 1 amide bonds. The highest BCUT2D eigenvalue weighted by molar-refractivity contribution is 5.96. The lowest BCUT2D eigenvalue weighted by molar-refractivity contribution is -0.129. The summed E-state index contributed by atoms with van der Waals surface area (Å²) in [5.74, 6) is 0.807. The zero-order valence-electron chi connectivity index (χ0n) is 19.5. The molecular formula is C24H34N6O3. The van der Waals surface area contributed by atoms with E-state index in [4.69, 9.17) is 0 Å². The third-order valence-corrected chi connectivity index (χ3v) is 6.61. The van der Waals surface area contributed by atoms with Crippen molar-refractivity contribution in [3.8, 4) is 0 Å². The minimum Gasteiger partial charge on any atom is -0.392 e. The van der Waals surface area contributed by atoms with Crippen molar-refractivity contribution in [2.75, 3.05) is 31.5 Å². The molecule has 0 aromatic carbocycles. The predicted octanol–water partition coefficient (Wildman–Crippen LogP) is 1.62. The van der Waals surface area contributed by atoms with Crippen molar-refractivity contribution in [2.45, 2.75) is 57.7 Å². The van der Waals surface area contributed by atoms with E-state index in [1.165, 1.54) is 5.56 Å². The van der Waals surface area contributed by atoms with E-state index in [9.17, 15) is 14.7 Å². The van der Waals surface area contributed by atoms with Gasteiger partial charge in [0, 0.05) is 77.1 Å². The number of aromatic nitrogens is 3. The summed E-state index contributed by atoms with van der Waals surface area (Å²) < 4.78 is 1.84. The average molecular weight is 455 g/mol. The van der Waals surface area contributed by atoms with Gasteiger partial charge < -0.3 is 15.3 Å². The summed E-state index contributed by atoms with van der Waals surface area (Å²) in [5, 5.41) is 18.4. The maximum Gasteiger partial charge on any atom is 0.219 e. The van der Waals surface area contributed by atoms with Gasteiger partial charge in [0.2, 0.25) is 5.91 Å². The second-order valence-electron chi connectivity index (χ2n) is 9.23. The number of aliphatic hydroxyl groups excluding tert-OH is 1. The van der Waals surface area contributed by atoms with Crippen molar-refractivity contribution in [3.05, 3.63) is 41.3 Å². The fourth-order valence-corrected chi connectivity index (χ4v) is 4.71. The lowest BCUT2D eigenvalue weighted by Crippen LogP contribution is -2.41. The Kier molecular flexibility index (Phi) is 7.39. The molecule has 2 N–H and O–H groups in total. The van der Waals surface area contributed by atoms with Crippen LogP contribution in [0.25, 0.3) is 0 Å². The van der Waals surface area contributed by atoms with Crippen LogP contribution in [0.4, 0.5) is 5.82 Å². The van der Waals surface area contributed by atoms with Crippen LogP contribution in [-0.2, 0) is 24.8 Å². The van der Waals surface area contributed by atoms with Crippen molar-refractivity contribution < 1.29 is 14.7 Å². The second-order valence-corrected chi connectivity index (χ2v) is 9.23. The fourth-order valence-electron chi connectivity index (χ4n) is 4.71. The number of hydrogen-bond donors (Lipinski definition) is 2. The van der Waals surface area contributed by atoms with Crippen LogP contribution in [0.5, 0.6) is 0 Å². The molecule has 33 heavy (non-hydrogen) atoms. The van der Waals surface area contributed by atoms with E-state index in [-0.39, 0.29) is 17.7 Å². The Hall–Kier alpha value is -2.78. The highest BCUT2D eigenvalue weighted by Gasteiger charge is 2.23. The molecule has 1 saturated heterocycles. The smallest absolute Gasteiger partial charge is 0.219 e. The van der Waals surface area contributed by atoms with Gasteiger partial charge in [0.25, 0.3) is 0 Å². The van der Waals surface area contributed by atoms with E-state index >= 15 is 0 Å². The van der Waals surface area contributed by atoms with Crippen LogP contribution in [0.2, 0.25) is 0 Å². The molecule has 2 aliphatic heterocycles. The number of ketones is 1. The number of carbonyl (C=O) groups is 2. The number of anilines is 1. The number of rotatable bonds is 8. The van der Waals surface area contributed by atoms with E-state index in [2.05, 4.69) is 26.5 Å². The van der Waals surface area contributed by atoms with E-state index in [1.54, 1.807) is 25.3 Å². The first-order valence-corrected chi connectivity index (χ1v) is 11.8. The minimum atomic E-state index is -0.551. The minimum absolute atomic E-state index is 0.0107. The molecule has 178 valence electrons. The number of Topliss-reactive ketones (excluding diaryl/α,β-unsaturated/α-hetero) is 1. The van der Waals surface area contributed by atoms with Crippen molar-refractivity contribution >= 4 is 17.5 Å². The number of likely N-dealkylation sites (tertiary alicyclic amines) is 1. The van der Waals surface area contributed by atoms with Gasteiger partial charge >= 0.3 is 0 Å². The Morgan fingerprint density at radius 2 is 2.06 bits per heavy atom. The van der Waals surface area contributed by atoms with Gasteiger partial charge in [-0.3, -0.25) is 19.2 Å². The number of nitrogens with zero attached hydrogens (tertiary/aromatic N) is 5. The molecule has 0 bridgehead atoms. The van der Waals surface area contributed by atoms with Crippen LogP contribution in [0.1, 0.15) is 54.2 Å². The van der Waals surface area contributed by atoms with Crippen LogP contribution in [0.15, 0.2) is 24.5 Å². The van der Waals surface area contributed by atoms with Crippen LogP contribution < -0.4 is 5.32 Å². The van der Waals surface area contributed by atoms with Crippen LogP contribution in [0.3, 0.4) is 0 Å². The normalized spacial score (nSPS) is 18.1. The number of carbonyl (C=O) groups excluding carboxylic acids is 2. The largest absolute Gasteiger partial charge is 0.392 e. The van der Waals surface area contributed by atoms with Gasteiger partial charge in [-0.15, -0.1) is 0 Å². The number of fused-ring (bicyclic) bond motifs is 1. The molecule has 1 atom stereocenters. The van der Waals surface area contributed by atoms with Gasteiger partial charge in [0.1, 0.15) is 5.82 Å². The van der Waals surface area contributed by atoms with Gasteiger partial charge in [-0.05, 0) is 43.4 Å². The molecule has 2 aromatic heterocycles. The molecule has 9 heteroatoms. The standard InChI is InChI=1S/C24H34N6O3/c1-17(31)30-11-7-20(8-12-30)26-24-13-18(5-9-25-24)23(33)4-3-21(32)15-29-10-6-19-14-28(2)27-22(19)16-29/h5,9,13-14,20-21,32H,3-4,6-8,10-12,15-16H2,1-2H3,(H,25,26)/t21-/m0/s1. The zero-order valence-corrected chi connectivity index (χ0v) is 19.5. The maximum atomic E-state index is 12.7. The number of amides is 1. The molecule has 2 aliphatic rings. The predicted molar refractivity (Wildman–Crippen MR) is 125 cm³/mol. The van der Waals surface area contributed by atoms with E-state index in [1.807, 2.05) is 16.6 Å². The molecule has 2 aromatic rings. The van der Waals surface area contributed by atoms with Gasteiger partial charge in [0.05, 0.1) is 11.8 Å². The molecule has 0 saturated carbocycles. The first-order valence-electron chi connectivity index (χ1n) is 11.8. The third-order valence-electron chi connectivity index (χ3n) is 6.61. The van der Waals surface area contributed by atoms with Crippen molar-refractivity contribution in [1.82, 2.24) is 24.6 Å². The number of pyridine rings is 1.